The Balaban J connectivity index is 2.46. The molecular formula is C16H26N2O2. The number of carbonyl (C=O) groups excluding carboxylic acids is 1. The number of benzene rings is 1. The van der Waals surface area contributed by atoms with Gasteiger partial charge in [-0.15, -0.1) is 0 Å². The van der Waals surface area contributed by atoms with Crippen LogP contribution in [-0.4, -0.2) is 29.2 Å². The van der Waals surface area contributed by atoms with E-state index in [1.807, 2.05) is 44.2 Å². The third-order valence-corrected chi connectivity index (χ3v) is 3.79. The minimum absolute atomic E-state index is 0.0594. The minimum atomic E-state index is -0.514. The molecule has 4 heteroatoms. The summed E-state index contributed by atoms with van der Waals surface area (Å²) in [6.07, 6.45) is 2.72. The Hall–Kier alpha value is -1.39. The molecule has 0 spiro atoms. The predicted octanol–water partition coefficient (Wildman–Crippen LogP) is 1.61. The first-order chi connectivity index (χ1) is 9.50. The Bertz CT molecular complexity index is 408. The molecule has 0 aliphatic heterocycles. The molecule has 0 radical (unpaired) electrons. The number of aryl methyl sites for hydroxylation is 1. The lowest BCUT2D eigenvalue weighted by Gasteiger charge is -2.30. The number of carbonyl (C=O) groups is 1. The highest BCUT2D eigenvalue weighted by molar-refractivity contribution is 5.82. The number of nitrogens with one attached hydrogen (secondary N) is 1. The molecule has 1 aromatic rings. The lowest BCUT2D eigenvalue weighted by Crippen LogP contribution is -2.52. The molecule has 2 atom stereocenters. The first-order valence-corrected chi connectivity index (χ1v) is 7.23. The third kappa shape index (κ3) is 5.31. The van der Waals surface area contributed by atoms with Crippen LogP contribution in [0.2, 0.25) is 0 Å². The summed E-state index contributed by atoms with van der Waals surface area (Å²) in [5.41, 5.74) is 6.75. The monoisotopic (exact) mass is 278 g/mol. The molecule has 20 heavy (non-hydrogen) atoms. The minimum Gasteiger partial charge on any atom is -0.396 e. The molecule has 0 saturated carbocycles. The van der Waals surface area contributed by atoms with Gasteiger partial charge in [-0.2, -0.15) is 0 Å². The van der Waals surface area contributed by atoms with Gasteiger partial charge in [0.25, 0.3) is 0 Å². The van der Waals surface area contributed by atoms with Crippen LogP contribution >= 0.6 is 0 Å². The quantitative estimate of drug-likeness (QED) is 0.676. The molecular weight excluding hydrogens is 252 g/mol. The molecule has 0 bridgehead atoms. The van der Waals surface area contributed by atoms with Gasteiger partial charge in [0, 0.05) is 12.1 Å². The summed E-state index contributed by atoms with van der Waals surface area (Å²) in [5.74, 6) is -0.140. The molecule has 112 valence electrons. The maximum atomic E-state index is 12.1. The Morgan fingerprint density at radius 1 is 1.40 bits per heavy atom. The highest BCUT2D eigenvalue weighted by Crippen LogP contribution is 2.14. The summed E-state index contributed by atoms with van der Waals surface area (Å²) in [4.78, 5) is 12.1. The summed E-state index contributed by atoms with van der Waals surface area (Å²) < 4.78 is 0. The molecule has 0 saturated heterocycles. The summed E-state index contributed by atoms with van der Waals surface area (Å²) in [7, 11) is 0. The maximum Gasteiger partial charge on any atom is 0.237 e. The fraction of sp³-hybridized carbons (Fsp3) is 0.562. The van der Waals surface area contributed by atoms with E-state index in [4.69, 9.17) is 10.8 Å². The fourth-order valence-corrected chi connectivity index (χ4v) is 2.06. The highest BCUT2D eigenvalue weighted by atomic mass is 16.3. The number of aliphatic hydroxyl groups is 1. The van der Waals surface area contributed by atoms with Crippen LogP contribution in [0.5, 0.6) is 0 Å². The van der Waals surface area contributed by atoms with Gasteiger partial charge in [0.05, 0.1) is 6.04 Å². The third-order valence-electron chi connectivity index (χ3n) is 3.79. The highest BCUT2D eigenvalue weighted by Gasteiger charge is 2.26. The van der Waals surface area contributed by atoms with Gasteiger partial charge >= 0.3 is 0 Å². The second-order valence-corrected chi connectivity index (χ2v) is 5.51. The van der Waals surface area contributed by atoms with Gasteiger partial charge in [0.2, 0.25) is 5.91 Å². The Labute approximate surface area is 121 Å². The van der Waals surface area contributed by atoms with Crippen molar-refractivity contribution < 1.29 is 9.90 Å². The van der Waals surface area contributed by atoms with Crippen LogP contribution in [-0.2, 0) is 11.2 Å². The number of nitrogens with two attached hydrogens (primary N) is 1. The number of amides is 1. The lowest BCUT2D eigenvalue weighted by atomic mass is 9.94. The molecule has 1 unspecified atom stereocenters. The topological polar surface area (TPSA) is 75.3 Å². The van der Waals surface area contributed by atoms with Crippen LogP contribution in [0, 0.1) is 0 Å². The number of hydrogen-bond donors (Lipinski definition) is 3. The Morgan fingerprint density at radius 3 is 2.60 bits per heavy atom. The lowest BCUT2D eigenvalue weighted by molar-refractivity contribution is -0.124. The molecule has 0 heterocycles. The molecule has 1 aromatic carbocycles. The van der Waals surface area contributed by atoms with E-state index in [0.29, 0.717) is 12.8 Å². The van der Waals surface area contributed by atoms with Crippen molar-refractivity contribution >= 4 is 5.91 Å². The fourth-order valence-electron chi connectivity index (χ4n) is 2.06. The van der Waals surface area contributed by atoms with Crippen molar-refractivity contribution in [3.63, 3.8) is 0 Å². The van der Waals surface area contributed by atoms with E-state index in [-0.39, 0.29) is 18.1 Å². The normalized spacial score (nSPS) is 15.4. The zero-order valence-corrected chi connectivity index (χ0v) is 12.4. The first-order valence-electron chi connectivity index (χ1n) is 7.23. The van der Waals surface area contributed by atoms with Gasteiger partial charge in [-0.3, -0.25) is 4.79 Å². The maximum absolute atomic E-state index is 12.1. The molecule has 4 nitrogen and oxygen atoms in total. The first kappa shape index (κ1) is 16.7. The van der Waals surface area contributed by atoms with Gasteiger partial charge in [-0.25, -0.2) is 0 Å². The predicted molar refractivity (Wildman–Crippen MR) is 81.3 cm³/mol. The van der Waals surface area contributed by atoms with Crippen molar-refractivity contribution in [1.29, 1.82) is 0 Å². The van der Waals surface area contributed by atoms with Crippen molar-refractivity contribution in [1.82, 2.24) is 5.32 Å². The molecule has 0 fully saturated rings. The van der Waals surface area contributed by atoms with E-state index in [9.17, 15) is 4.79 Å². The van der Waals surface area contributed by atoms with E-state index in [2.05, 4.69) is 5.32 Å². The van der Waals surface area contributed by atoms with Crippen LogP contribution in [0.1, 0.15) is 38.7 Å². The van der Waals surface area contributed by atoms with Crippen molar-refractivity contribution in [2.24, 2.45) is 5.73 Å². The van der Waals surface area contributed by atoms with E-state index in [0.717, 1.165) is 12.8 Å². The van der Waals surface area contributed by atoms with Crippen LogP contribution in [0.4, 0.5) is 0 Å². The molecule has 1 amide bonds. The van der Waals surface area contributed by atoms with Gasteiger partial charge < -0.3 is 16.2 Å². The van der Waals surface area contributed by atoms with Gasteiger partial charge in [0.15, 0.2) is 0 Å². The van der Waals surface area contributed by atoms with Crippen LogP contribution in [0.3, 0.4) is 0 Å². The van der Waals surface area contributed by atoms with Gasteiger partial charge in [-0.1, -0.05) is 37.3 Å². The summed E-state index contributed by atoms with van der Waals surface area (Å²) in [6, 6.07) is 9.49. The zero-order chi connectivity index (χ0) is 15.0. The molecule has 4 N–H and O–H groups in total. The molecule has 0 aromatic heterocycles. The second kappa shape index (κ2) is 8.02. The van der Waals surface area contributed by atoms with Crippen molar-refractivity contribution in [3.8, 4) is 0 Å². The van der Waals surface area contributed by atoms with Crippen molar-refractivity contribution in [3.05, 3.63) is 35.9 Å². The molecule has 0 aliphatic carbocycles. The second-order valence-electron chi connectivity index (χ2n) is 5.51. The number of rotatable bonds is 8. The summed E-state index contributed by atoms with van der Waals surface area (Å²) in [5, 5.41) is 12.0. The number of hydrogen-bond acceptors (Lipinski definition) is 3. The zero-order valence-electron chi connectivity index (χ0n) is 12.4. The summed E-state index contributed by atoms with van der Waals surface area (Å²) >= 11 is 0. The summed E-state index contributed by atoms with van der Waals surface area (Å²) in [6.45, 7) is 3.99. The SMILES string of the molecule is CCC(C)(CCO)NC(=O)[C@@H](N)CCc1ccccc1. The van der Waals surface area contributed by atoms with E-state index in [1.165, 1.54) is 5.56 Å². The average molecular weight is 278 g/mol. The van der Waals surface area contributed by atoms with Crippen LogP contribution in [0.25, 0.3) is 0 Å². The Kier molecular flexibility index (Phi) is 6.68. The van der Waals surface area contributed by atoms with Crippen molar-refractivity contribution in [2.45, 2.75) is 51.1 Å². The molecule has 0 aliphatic rings. The number of aliphatic hydroxyl groups excluding tert-OH is 1. The van der Waals surface area contributed by atoms with Crippen molar-refractivity contribution in [2.75, 3.05) is 6.61 Å². The largest absolute Gasteiger partial charge is 0.396 e. The smallest absolute Gasteiger partial charge is 0.237 e. The van der Waals surface area contributed by atoms with E-state index < -0.39 is 6.04 Å². The van der Waals surface area contributed by atoms with Crippen LogP contribution < -0.4 is 11.1 Å². The average Bonchev–Trinajstić information content (AvgIpc) is 2.46. The van der Waals surface area contributed by atoms with E-state index in [1.54, 1.807) is 0 Å². The van der Waals surface area contributed by atoms with Gasteiger partial charge in [0.1, 0.15) is 0 Å². The Morgan fingerprint density at radius 2 is 2.05 bits per heavy atom. The van der Waals surface area contributed by atoms with E-state index >= 15 is 0 Å². The van der Waals surface area contributed by atoms with Crippen LogP contribution in [0.15, 0.2) is 30.3 Å². The molecule has 1 rings (SSSR count). The van der Waals surface area contributed by atoms with Gasteiger partial charge in [-0.05, 0) is 38.2 Å². The standard InChI is InChI=1S/C16H26N2O2/c1-3-16(2,11-12-19)18-15(20)14(17)10-9-13-7-5-4-6-8-13/h4-8,14,19H,3,9-12,17H2,1-2H3,(H,18,20)/t14-,16?/m0/s1.